The lowest BCUT2D eigenvalue weighted by Crippen LogP contribution is -2.32. The highest BCUT2D eigenvalue weighted by molar-refractivity contribution is 5.69. The highest BCUT2D eigenvalue weighted by atomic mass is 16.7. The molecule has 0 bridgehead atoms. The fourth-order valence-corrected chi connectivity index (χ4v) is 1.86. The van der Waals surface area contributed by atoms with E-state index in [1.807, 2.05) is 12.6 Å². The van der Waals surface area contributed by atoms with Crippen LogP contribution in [0.5, 0.6) is 0 Å². The number of nitrogens with two attached hydrogens (primary N) is 1. The summed E-state index contributed by atoms with van der Waals surface area (Å²) >= 11 is 0. The molecule has 0 aromatic rings. The molecule has 0 saturated carbocycles. The van der Waals surface area contributed by atoms with Crippen LogP contribution in [0.1, 0.15) is 19.3 Å². The van der Waals surface area contributed by atoms with E-state index in [9.17, 15) is 4.79 Å². The number of nitrogens with zero attached hydrogens (tertiary/aromatic N) is 1. The van der Waals surface area contributed by atoms with Gasteiger partial charge in [-0.1, -0.05) is 5.59 Å². The van der Waals surface area contributed by atoms with Crippen molar-refractivity contribution in [2.24, 2.45) is 11.8 Å². The van der Waals surface area contributed by atoms with Gasteiger partial charge >= 0.3 is 5.97 Å². The largest absolute Gasteiger partial charge is 0.381 e. The number of nitrogens with one attached hydrogen (secondary N) is 1. The molecule has 0 radical (unpaired) electrons. The van der Waals surface area contributed by atoms with Crippen LogP contribution in [-0.4, -0.2) is 44.2 Å². The predicted octanol–water partition coefficient (Wildman–Crippen LogP) is -0.344. The van der Waals surface area contributed by atoms with Crippen molar-refractivity contribution in [3.63, 3.8) is 0 Å². The van der Waals surface area contributed by atoms with E-state index in [0.717, 1.165) is 32.6 Å². The van der Waals surface area contributed by atoms with Crippen LogP contribution in [0.2, 0.25) is 0 Å². The first-order chi connectivity index (χ1) is 7.72. The van der Waals surface area contributed by atoms with Gasteiger partial charge in [-0.2, -0.15) is 0 Å². The van der Waals surface area contributed by atoms with Crippen LogP contribution in [0.15, 0.2) is 0 Å². The minimum atomic E-state index is -0.332. The summed E-state index contributed by atoms with van der Waals surface area (Å²) in [7, 11) is 2.01. The minimum Gasteiger partial charge on any atom is -0.381 e. The van der Waals surface area contributed by atoms with Gasteiger partial charge in [0.2, 0.25) is 0 Å². The van der Waals surface area contributed by atoms with Crippen LogP contribution in [0, 0.1) is 5.92 Å². The van der Waals surface area contributed by atoms with E-state index < -0.39 is 0 Å². The molecule has 0 aromatic heterocycles. The first-order valence-electron chi connectivity index (χ1n) is 5.64. The summed E-state index contributed by atoms with van der Waals surface area (Å²) in [5.74, 6) is 5.22. The Morgan fingerprint density at radius 3 is 2.88 bits per heavy atom. The second-order valence-electron chi connectivity index (χ2n) is 4.16. The number of hydrazine groups is 1. The first-order valence-corrected chi connectivity index (χ1v) is 5.64. The number of hydrogen-bond acceptors (Lipinski definition) is 6. The zero-order valence-electron chi connectivity index (χ0n) is 9.78. The number of carbonyl (C=O) groups is 1. The van der Waals surface area contributed by atoms with Gasteiger partial charge in [-0.15, -0.1) is 0 Å². The maximum Gasteiger partial charge on any atom is 0.327 e. The molecule has 0 spiro atoms. The quantitative estimate of drug-likeness (QED) is 0.481. The molecule has 6 heteroatoms. The zero-order valence-corrected chi connectivity index (χ0v) is 9.78. The lowest BCUT2D eigenvalue weighted by atomic mass is 10.00. The van der Waals surface area contributed by atoms with Gasteiger partial charge in [-0.25, -0.2) is 5.84 Å². The monoisotopic (exact) mass is 231 g/mol. The SMILES string of the molecule is CN(CCC(=O)ONN)CC1CCOCC1. The van der Waals surface area contributed by atoms with E-state index in [1.54, 1.807) is 0 Å². The summed E-state index contributed by atoms with van der Waals surface area (Å²) in [6.07, 6.45) is 2.57. The van der Waals surface area contributed by atoms with Gasteiger partial charge in [0.05, 0.1) is 6.42 Å². The molecule has 1 saturated heterocycles. The van der Waals surface area contributed by atoms with E-state index in [-0.39, 0.29) is 5.97 Å². The van der Waals surface area contributed by atoms with Gasteiger partial charge in [0.15, 0.2) is 0 Å². The number of ether oxygens (including phenoxy) is 1. The van der Waals surface area contributed by atoms with Gasteiger partial charge in [0.1, 0.15) is 0 Å². The van der Waals surface area contributed by atoms with Gasteiger partial charge in [0.25, 0.3) is 0 Å². The Kier molecular flexibility index (Phi) is 6.32. The standard InChI is InChI=1S/C10H21N3O3/c1-13(5-2-10(14)16-12-11)8-9-3-6-15-7-4-9/h9,12H,2-8,11H2,1H3. The van der Waals surface area contributed by atoms with Crippen LogP contribution >= 0.6 is 0 Å². The molecule has 1 aliphatic heterocycles. The van der Waals surface area contributed by atoms with E-state index in [0.29, 0.717) is 18.9 Å². The fraction of sp³-hybridized carbons (Fsp3) is 0.900. The van der Waals surface area contributed by atoms with Crippen molar-refractivity contribution in [3.8, 4) is 0 Å². The molecule has 0 amide bonds. The van der Waals surface area contributed by atoms with Crippen LogP contribution in [0.4, 0.5) is 0 Å². The van der Waals surface area contributed by atoms with E-state index >= 15 is 0 Å². The predicted molar refractivity (Wildman–Crippen MR) is 59.1 cm³/mol. The average molecular weight is 231 g/mol. The first kappa shape index (κ1) is 13.4. The highest BCUT2D eigenvalue weighted by Gasteiger charge is 2.16. The van der Waals surface area contributed by atoms with Crippen molar-refractivity contribution >= 4 is 5.97 Å². The third kappa shape index (κ3) is 5.41. The Morgan fingerprint density at radius 1 is 1.56 bits per heavy atom. The van der Waals surface area contributed by atoms with Crippen molar-refractivity contribution in [2.75, 3.05) is 33.4 Å². The molecule has 1 aliphatic rings. The minimum absolute atomic E-state index is 0.332. The Morgan fingerprint density at radius 2 is 2.25 bits per heavy atom. The van der Waals surface area contributed by atoms with Crippen molar-refractivity contribution < 1.29 is 14.4 Å². The summed E-state index contributed by atoms with van der Waals surface area (Å²) in [6, 6.07) is 0. The zero-order chi connectivity index (χ0) is 11.8. The maximum absolute atomic E-state index is 11.0. The summed E-state index contributed by atoms with van der Waals surface area (Å²) < 4.78 is 5.30. The summed E-state index contributed by atoms with van der Waals surface area (Å²) in [5.41, 5.74) is 1.89. The Balaban J connectivity index is 2.09. The molecule has 0 unspecified atom stereocenters. The fourth-order valence-electron chi connectivity index (χ4n) is 1.86. The molecular formula is C10H21N3O3. The normalized spacial score (nSPS) is 17.7. The van der Waals surface area contributed by atoms with Crippen molar-refractivity contribution in [1.29, 1.82) is 0 Å². The maximum atomic E-state index is 11.0. The number of hydrogen-bond donors (Lipinski definition) is 2. The summed E-state index contributed by atoms with van der Waals surface area (Å²) in [6.45, 7) is 3.42. The molecular weight excluding hydrogens is 210 g/mol. The van der Waals surface area contributed by atoms with E-state index in [4.69, 9.17) is 10.6 Å². The molecule has 3 N–H and O–H groups in total. The Hall–Kier alpha value is -0.690. The second kappa shape index (κ2) is 7.56. The number of carbonyl (C=O) groups excluding carboxylic acids is 1. The average Bonchev–Trinajstić information content (AvgIpc) is 2.28. The molecule has 0 aromatic carbocycles. The molecule has 0 aliphatic carbocycles. The van der Waals surface area contributed by atoms with E-state index in [1.165, 1.54) is 0 Å². The third-order valence-corrected chi connectivity index (χ3v) is 2.78. The van der Waals surface area contributed by atoms with E-state index in [2.05, 4.69) is 9.74 Å². The lowest BCUT2D eigenvalue weighted by Gasteiger charge is -2.26. The van der Waals surface area contributed by atoms with Gasteiger partial charge < -0.3 is 14.5 Å². The molecule has 16 heavy (non-hydrogen) atoms. The molecule has 0 atom stereocenters. The van der Waals surface area contributed by atoms with Crippen molar-refractivity contribution in [2.45, 2.75) is 19.3 Å². The van der Waals surface area contributed by atoms with Gasteiger partial charge in [-0.3, -0.25) is 4.79 Å². The molecule has 1 rings (SSSR count). The van der Waals surface area contributed by atoms with Gasteiger partial charge in [-0.05, 0) is 25.8 Å². The van der Waals surface area contributed by atoms with Crippen LogP contribution in [-0.2, 0) is 14.4 Å². The van der Waals surface area contributed by atoms with Crippen LogP contribution in [0.3, 0.4) is 0 Å². The Labute approximate surface area is 96.0 Å². The van der Waals surface area contributed by atoms with Crippen molar-refractivity contribution in [1.82, 2.24) is 10.5 Å². The second-order valence-corrected chi connectivity index (χ2v) is 4.16. The molecule has 1 fully saturated rings. The lowest BCUT2D eigenvalue weighted by molar-refractivity contribution is -0.151. The van der Waals surface area contributed by atoms with Crippen LogP contribution < -0.4 is 11.4 Å². The third-order valence-electron chi connectivity index (χ3n) is 2.78. The van der Waals surface area contributed by atoms with Crippen molar-refractivity contribution in [3.05, 3.63) is 0 Å². The molecule has 94 valence electrons. The smallest absolute Gasteiger partial charge is 0.327 e. The van der Waals surface area contributed by atoms with Gasteiger partial charge in [0, 0.05) is 26.3 Å². The molecule has 6 nitrogen and oxygen atoms in total. The molecule has 1 heterocycles. The topological polar surface area (TPSA) is 76.8 Å². The highest BCUT2D eigenvalue weighted by Crippen LogP contribution is 2.15. The summed E-state index contributed by atoms with van der Waals surface area (Å²) in [5, 5.41) is 0. The van der Waals surface area contributed by atoms with Crippen LogP contribution in [0.25, 0.3) is 0 Å². The summed E-state index contributed by atoms with van der Waals surface area (Å²) in [4.78, 5) is 17.6. The number of rotatable bonds is 6. The Bertz CT molecular complexity index is 207.